The molecular formula is C43H43N7O9S2. The summed E-state index contributed by atoms with van der Waals surface area (Å²) in [7, 11) is 0. The van der Waals surface area contributed by atoms with Crippen molar-refractivity contribution in [1.29, 1.82) is 0 Å². The number of carbonyl (C=O) groups is 6. The van der Waals surface area contributed by atoms with E-state index in [-0.39, 0.29) is 24.2 Å². The number of amides is 4. The van der Waals surface area contributed by atoms with E-state index in [2.05, 4.69) is 20.7 Å². The van der Waals surface area contributed by atoms with Gasteiger partial charge in [0.1, 0.15) is 10.0 Å². The van der Waals surface area contributed by atoms with Crippen LogP contribution in [-0.4, -0.2) is 63.5 Å². The molecule has 0 spiro atoms. The van der Waals surface area contributed by atoms with E-state index in [1.165, 1.54) is 27.4 Å². The summed E-state index contributed by atoms with van der Waals surface area (Å²) in [6, 6.07) is 14.3. The molecule has 316 valence electrons. The number of nitrogens with two attached hydrogens (primary N) is 2. The molecule has 0 saturated heterocycles. The smallest absolute Gasteiger partial charge is 0.359 e. The van der Waals surface area contributed by atoms with Gasteiger partial charge in [-0.25, -0.2) is 9.48 Å². The zero-order valence-corrected chi connectivity index (χ0v) is 34.9. The van der Waals surface area contributed by atoms with E-state index in [0.29, 0.717) is 31.9 Å². The number of benzene rings is 2. The number of H-pyrrole nitrogens is 1. The highest BCUT2D eigenvalue weighted by Gasteiger charge is 2.27. The molecular weight excluding hydrogens is 823 g/mol. The van der Waals surface area contributed by atoms with Crippen molar-refractivity contribution in [3.05, 3.63) is 108 Å². The quantitative estimate of drug-likeness (QED) is 0.101. The number of aromatic nitrogens is 3. The fraction of sp³-hybridized carbons (Fsp3) is 0.302. The number of aryl methyl sites for hydroxylation is 3. The van der Waals surface area contributed by atoms with Crippen molar-refractivity contribution in [2.45, 2.75) is 71.3 Å². The largest absolute Gasteiger partial charge is 0.455 e. The third kappa shape index (κ3) is 9.39. The average Bonchev–Trinajstić information content (AvgIpc) is 3.95. The molecule has 7 N–H and O–H groups in total. The van der Waals surface area contributed by atoms with Crippen LogP contribution in [0.2, 0.25) is 0 Å². The number of anilines is 2. The Hall–Kier alpha value is -6.66. The number of aromatic amines is 1. The highest BCUT2D eigenvalue weighted by atomic mass is 32.1. The Morgan fingerprint density at radius 3 is 1.84 bits per heavy atom. The van der Waals surface area contributed by atoms with Gasteiger partial charge in [0.2, 0.25) is 0 Å². The second-order valence-corrected chi connectivity index (χ2v) is 16.7. The van der Waals surface area contributed by atoms with Gasteiger partial charge < -0.3 is 36.6 Å². The Morgan fingerprint density at radius 1 is 0.738 bits per heavy atom. The van der Waals surface area contributed by atoms with Crippen LogP contribution in [0.15, 0.2) is 59.5 Å². The maximum absolute atomic E-state index is 12.7. The molecule has 0 aliphatic heterocycles. The number of nitrogens with one attached hydrogen (secondary N) is 3. The molecule has 2 aliphatic carbocycles. The first kappa shape index (κ1) is 42.5. The zero-order chi connectivity index (χ0) is 43.2. The molecule has 4 heterocycles. The minimum absolute atomic E-state index is 0.0423. The van der Waals surface area contributed by atoms with Gasteiger partial charge in [-0.05, 0) is 87.1 Å². The summed E-state index contributed by atoms with van der Waals surface area (Å²) in [6.45, 7) is 1.04. The molecule has 6 aromatic rings. The number of primary amides is 2. The molecule has 18 heteroatoms. The number of carbonyl (C=O) groups excluding carboxylic acids is 6. The van der Waals surface area contributed by atoms with E-state index in [9.17, 15) is 33.6 Å². The Balaban J connectivity index is 0.000000185. The van der Waals surface area contributed by atoms with Crippen LogP contribution in [0.4, 0.5) is 10.0 Å². The molecule has 16 nitrogen and oxygen atoms in total. The molecule has 4 aromatic heterocycles. The van der Waals surface area contributed by atoms with Crippen LogP contribution in [0, 0.1) is 0 Å². The van der Waals surface area contributed by atoms with E-state index in [1.807, 2.05) is 24.3 Å². The topological polar surface area (TPSA) is 248 Å². The Kier molecular flexibility index (Phi) is 13.0. The summed E-state index contributed by atoms with van der Waals surface area (Å²) in [5.74, 6) is -3.53. The molecule has 2 aromatic carbocycles. The van der Waals surface area contributed by atoms with Crippen molar-refractivity contribution in [1.82, 2.24) is 14.8 Å². The van der Waals surface area contributed by atoms with Crippen LogP contribution < -0.4 is 27.7 Å². The van der Waals surface area contributed by atoms with E-state index < -0.39 is 48.8 Å². The number of nitrogens with zero attached hydrogens (tertiary/aromatic N) is 2. The monoisotopic (exact) mass is 865 g/mol. The van der Waals surface area contributed by atoms with Crippen LogP contribution in [0.1, 0.15) is 90.3 Å². The van der Waals surface area contributed by atoms with Crippen molar-refractivity contribution in [3.63, 3.8) is 0 Å². The Bertz CT molecular complexity index is 2760. The first-order valence-electron chi connectivity index (χ1n) is 19.8. The normalized spacial score (nSPS) is 13.0. The van der Waals surface area contributed by atoms with Gasteiger partial charge in [-0.3, -0.25) is 28.8 Å². The Labute approximate surface area is 356 Å². The lowest BCUT2D eigenvalue weighted by Gasteiger charge is -2.11. The lowest BCUT2D eigenvalue weighted by Crippen LogP contribution is -2.27. The van der Waals surface area contributed by atoms with Crippen molar-refractivity contribution in [3.8, 4) is 0 Å². The minimum Gasteiger partial charge on any atom is -0.455 e. The van der Waals surface area contributed by atoms with Gasteiger partial charge in [-0.2, -0.15) is 5.10 Å². The zero-order valence-electron chi connectivity index (χ0n) is 33.2. The number of ether oxygens (including phenoxy) is 2. The van der Waals surface area contributed by atoms with Gasteiger partial charge >= 0.3 is 11.9 Å². The number of hydrogen-bond acceptors (Lipinski definition) is 12. The summed E-state index contributed by atoms with van der Waals surface area (Å²) < 4.78 is 11.5. The highest BCUT2D eigenvalue weighted by molar-refractivity contribution is 7.17. The number of para-hydroxylation sites is 1. The number of thiophene rings is 2. The molecule has 0 unspecified atom stereocenters. The van der Waals surface area contributed by atoms with Crippen molar-refractivity contribution in [2.24, 2.45) is 11.5 Å². The standard InChI is InChI=1S/C22H22N4O5S.C21H21N3O4S/c1-2-26-21(29)13-8-4-3-7-12(13)18(25-26)22(30)31-11-16(27)24-20-17(19(23)28)14-9-5-6-10-15(14)32-20;22-20(27)19-14-6-2-4-8-16(14)29-21(19)24-17(25)11-28-18(26)9-12-10-23-15-7-3-1-5-13(12)15/h3-4,7-8H,2,5-6,9-11H2,1H3,(H2,23,28)(H,24,27);1,3,5,7,10,23H,2,4,6,8-9,11H2,(H2,22,27)(H,24,25). The predicted molar refractivity (Wildman–Crippen MR) is 231 cm³/mol. The van der Waals surface area contributed by atoms with E-state index in [4.69, 9.17) is 20.9 Å². The second kappa shape index (κ2) is 18.7. The van der Waals surface area contributed by atoms with Crippen LogP contribution in [0.5, 0.6) is 0 Å². The van der Waals surface area contributed by atoms with Gasteiger partial charge in [0.15, 0.2) is 18.9 Å². The number of rotatable bonds is 12. The van der Waals surface area contributed by atoms with Crippen molar-refractivity contribution >= 4 is 89.9 Å². The molecule has 0 radical (unpaired) electrons. The van der Waals surface area contributed by atoms with E-state index in [1.54, 1.807) is 37.4 Å². The first-order chi connectivity index (χ1) is 29.4. The van der Waals surface area contributed by atoms with Crippen molar-refractivity contribution < 1.29 is 38.2 Å². The van der Waals surface area contributed by atoms with Gasteiger partial charge in [-0.1, -0.05) is 36.4 Å². The molecule has 0 saturated carbocycles. The van der Waals surface area contributed by atoms with E-state index in [0.717, 1.165) is 88.7 Å². The lowest BCUT2D eigenvalue weighted by atomic mass is 9.95. The van der Waals surface area contributed by atoms with Crippen LogP contribution in [0.3, 0.4) is 0 Å². The predicted octanol–water partition coefficient (Wildman–Crippen LogP) is 5.18. The molecule has 4 amide bonds. The summed E-state index contributed by atoms with van der Waals surface area (Å²) in [4.78, 5) is 91.1. The molecule has 61 heavy (non-hydrogen) atoms. The Morgan fingerprint density at radius 2 is 1.26 bits per heavy atom. The molecule has 0 fully saturated rings. The number of hydrogen-bond donors (Lipinski definition) is 5. The third-order valence-corrected chi connectivity index (χ3v) is 12.8. The van der Waals surface area contributed by atoms with Gasteiger partial charge in [-0.15, -0.1) is 22.7 Å². The van der Waals surface area contributed by atoms with E-state index >= 15 is 0 Å². The average molecular weight is 866 g/mol. The summed E-state index contributed by atoms with van der Waals surface area (Å²) in [5.41, 5.74) is 15.1. The van der Waals surface area contributed by atoms with Crippen LogP contribution in [-0.2, 0) is 62.5 Å². The molecule has 2 aliphatic rings. The SMILES string of the molecule is CCn1nc(C(=O)OCC(=O)Nc2sc3c(c2C(N)=O)CCCC3)c2ccccc2c1=O.NC(=O)c1c(NC(=O)COC(=O)Cc2c[nH]c3ccccc23)sc2c1CCCC2. The van der Waals surface area contributed by atoms with Crippen molar-refractivity contribution in [2.75, 3.05) is 23.8 Å². The molecule has 0 atom stereocenters. The van der Waals surface area contributed by atoms with Gasteiger partial charge in [0.25, 0.3) is 29.2 Å². The third-order valence-electron chi connectivity index (χ3n) is 10.4. The fourth-order valence-electron chi connectivity index (χ4n) is 7.58. The maximum atomic E-state index is 12.7. The molecule has 0 bridgehead atoms. The van der Waals surface area contributed by atoms with Crippen LogP contribution >= 0.6 is 22.7 Å². The summed E-state index contributed by atoms with van der Waals surface area (Å²) in [5, 5.41) is 11.9. The number of fused-ring (bicyclic) bond motifs is 4. The summed E-state index contributed by atoms with van der Waals surface area (Å²) >= 11 is 2.71. The summed E-state index contributed by atoms with van der Waals surface area (Å²) in [6.07, 6.45) is 9.16. The second-order valence-electron chi connectivity index (χ2n) is 14.4. The minimum atomic E-state index is -0.820. The highest BCUT2D eigenvalue weighted by Crippen LogP contribution is 2.39. The fourth-order valence-corrected chi connectivity index (χ4v) is 10.2. The van der Waals surface area contributed by atoms with Crippen LogP contribution in [0.25, 0.3) is 21.7 Å². The maximum Gasteiger partial charge on any atom is 0.359 e. The van der Waals surface area contributed by atoms with Gasteiger partial charge in [0, 0.05) is 38.8 Å². The first-order valence-corrected chi connectivity index (χ1v) is 21.4. The lowest BCUT2D eigenvalue weighted by molar-refractivity contribution is -0.146. The molecule has 8 rings (SSSR count). The van der Waals surface area contributed by atoms with Gasteiger partial charge in [0.05, 0.1) is 22.9 Å². The number of esters is 2.